The molecule has 4 nitrogen and oxygen atoms in total. The van der Waals surface area contributed by atoms with Gasteiger partial charge in [-0.3, -0.25) is 10.1 Å². The maximum absolute atomic E-state index is 13.0. The van der Waals surface area contributed by atoms with Crippen molar-refractivity contribution in [3.63, 3.8) is 0 Å². The number of anilines is 1. The van der Waals surface area contributed by atoms with Crippen molar-refractivity contribution in [2.75, 3.05) is 18.0 Å². The standard InChI is InChI=1S/C10H9F3N2O2/c11-7-1-2-8(9(5-7)15(16)17)14-4-3-10(12,13)6-14/h1-2,5H,3-4,6H2. The van der Waals surface area contributed by atoms with Crippen LogP contribution in [0.3, 0.4) is 0 Å². The minimum Gasteiger partial charge on any atom is -0.360 e. The van der Waals surface area contributed by atoms with E-state index in [0.29, 0.717) is 0 Å². The third-order valence-electron chi connectivity index (χ3n) is 2.64. The molecular formula is C10H9F3N2O2. The highest BCUT2D eigenvalue weighted by atomic mass is 19.3. The number of alkyl halides is 2. The first-order chi connectivity index (χ1) is 7.89. The van der Waals surface area contributed by atoms with E-state index in [2.05, 4.69) is 0 Å². The van der Waals surface area contributed by atoms with Gasteiger partial charge in [-0.1, -0.05) is 0 Å². The van der Waals surface area contributed by atoms with Gasteiger partial charge < -0.3 is 4.90 Å². The quantitative estimate of drug-likeness (QED) is 0.595. The predicted molar refractivity (Wildman–Crippen MR) is 54.8 cm³/mol. The van der Waals surface area contributed by atoms with E-state index in [1.165, 1.54) is 4.90 Å². The summed E-state index contributed by atoms with van der Waals surface area (Å²) >= 11 is 0. The highest BCUT2D eigenvalue weighted by Gasteiger charge is 2.40. The molecule has 0 aromatic heterocycles. The van der Waals surface area contributed by atoms with Gasteiger partial charge in [-0.15, -0.1) is 0 Å². The summed E-state index contributed by atoms with van der Waals surface area (Å²) in [5.74, 6) is -3.60. The normalized spacial score (nSPS) is 18.4. The van der Waals surface area contributed by atoms with Crippen LogP contribution in [0.4, 0.5) is 24.5 Å². The fourth-order valence-electron chi connectivity index (χ4n) is 1.85. The van der Waals surface area contributed by atoms with Gasteiger partial charge in [0.2, 0.25) is 0 Å². The Morgan fingerprint density at radius 3 is 2.65 bits per heavy atom. The van der Waals surface area contributed by atoms with Crippen LogP contribution in [0, 0.1) is 15.9 Å². The molecule has 0 radical (unpaired) electrons. The van der Waals surface area contributed by atoms with Crippen molar-refractivity contribution >= 4 is 11.4 Å². The highest BCUT2D eigenvalue weighted by molar-refractivity contribution is 5.64. The van der Waals surface area contributed by atoms with Gasteiger partial charge >= 0.3 is 0 Å². The van der Waals surface area contributed by atoms with Crippen molar-refractivity contribution in [2.24, 2.45) is 0 Å². The summed E-state index contributed by atoms with van der Waals surface area (Å²) < 4.78 is 38.9. The van der Waals surface area contributed by atoms with Crippen molar-refractivity contribution in [2.45, 2.75) is 12.3 Å². The van der Waals surface area contributed by atoms with Gasteiger partial charge in [0.15, 0.2) is 0 Å². The fourth-order valence-corrected chi connectivity index (χ4v) is 1.85. The lowest BCUT2D eigenvalue weighted by Gasteiger charge is -2.17. The molecular weight excluding hydrogens is 237 g/mol. The first-order valence-electron chi connectivity index (χ1n) is 4.96. The molecule has 1 heterocycles. The van der Waals surface area contributed by atoms with Crippen LogP contribution in [0.25, 0.3) is 0 Å². The number of nitro benzene ring substituents is 1. The Morgan fingerprint density at radius 1 is 1.41 bits per heavy atom. The van der Waals surface area contributed by atoms with Crippen molar-refractivity contribution in [3.8, 4) is 0 Å². The lowest BCUT2D eigenvalue weighted by Crippen LogP contribution is -2.25. The summed E-state index contributed by atoms with van der Waals surface area (Å²) in [5, 5.41) is 10.7. The summed E-state index contributed by atoms with van der Waals surface area (Å²) in [6, 6.07) is 2.93. The average molecular weight is 246 g/mol. The molecule has 17 heavy (non-hydrogen) atoms. The zero-order valence-corrected chi connectivity index (χ0v) is 8.70. The van der Waals surface area contributed by atoms with Crippen LogP contribution in [0.1, 0.15) is 6.42 Å². The van der Waals surface area contributed by atoms with Crippen LogP contribution in [0.15, 0.2) is 18.2 Å². The second kappa shape index (κ2) is 3.90. The molecule has 1 saturated heterocycles. The highest BCUT2D eigenvalue weighted by Crippen LogP contribution is 2.35. The molecule has 0 atom stereocenters. The molecule has 1 fully saturated rings. The molecule has 2 rings (SSSR count). The minimum atomic E-state index is -2.84. The monoisotopic (exact) mass is 246 g/mol. The molecule has 1 aliphatic heterocycles. The number of halogens is 3. The zero-order chi connectivity index (χ0) is 12.6. The molecule has 0 unspecified atom stereocenters. The molecule has 0 saturated carbocycles. The van der Waals surface area contributed by atoms with E-state index < -0.39 is 28.9 Å². The Kier molecular flexibility index (Phi) is 2.68. The molecule has 1 aliphatic rings. The average Bonchev–Trinajstić information content (AvgIpc) is 2.58. The van der Waals surface area contributed by atoms with Gasteiger partial charge in [-0.2, -0.15) is 0 Å². The van der Waals surface area contributed by atoms with Crippen LogP contribution >= 0.6 is 0 Å². The van der Waals surface area contributed by atoms with Crippen molar-refractivity contribution < 1.29 is 18.1 Å². The van der Waals surface area contributed by atoms with Gasteiger partial charge in [-0.25, -0.2) is 13.2 Å². The first-order valence-corrected chi connectivity index (χ1v) is 4.96. The van der Waals surface area contributed by atoms with Gasteiger partial charge in [0, 0.05) is 13.0 Å². The fraction of sp³-hybridized carbons (Fsp3) is 0.400. The minimum absolute atomic E-state index is 0.0273. The van der Waals surface area contributed by atoms with E-state index in [9.17, 15) is 23.3 Å². The van der Waals surface area contributed by atoms with Gasteiger partial charge in [0.05, 0.1) is 17.5 Å². The molecule has 0 bridgehead atoms. The second-order valence-electron chi connectivity index (χ2n) is 3.92. The lowest BCUT2D eigenvalue weighted by molar-refractivity contribution is -0.384. The van der Waals surface area contributed by atoms with E-state index >= 15 is 0 Å². The van der Waals surface area contributed by atoms with Crippen LogP contribution in [-0.4, -0.2) is 23.9 Å². The van der Waals surface area contributed by atoms with E-state index in [0.717, 1.165) is 18.2 Å². The first kappa shape index (κ1) is 11.7. The molecule has 0 spiro atoms. The van der Waals surface area contributed by atoms with Crippen LogP contribution in [0.5, 0.6) is 0 Å². The Hall–Kier alpha value is -1.79. The molecule has 0 aliphatic carbocycles. The zero-order valence-electron chi connectivity index (χ0n) is 8.70. The number of rotatable bonds is 2. The number of hydrogen-bond donors (Lipinski definition) is 0. The number of nitrogens with zero attached hydrogens (tertiary/aromatic N) is 2. The van der Waals surface area contributed by atoms with E-state index in [1.54, 1.807) is 0 Å². The summed E-state index contributed by atoms with van der Waals surface area (Å²) in [7, 11) is 0. The summed E-state index contributed by atoms with van der Waals surface area (Å²) in [5.41, 5.74) is -0.448. The number of nitro groups is 1. The third kappa shape index (κ3) is 2.32. The van der Waals surface area contributed by atoms with Gasteiger partial charge in [0.1, 0.15) is 11.5 Å². The lowest BCUT2D eigenvalue weighted by atomic mass is 10.2. The number of hydrogen-bond acceptors (Lipinski definition) is 3. The molecule has 1 aromatic carbocycles. The largest absolute Gasteiger partial charge is 0.360 e. The van der Waals surface area contributed by atoms with E-state index in [4.69, 9.17) is 0 Å². The molecule has 0 amide bonds. The summed E-state index contributed by atoms with van der Waals surface area (Å²) in [6.07, 6.45) is -0.346. The second-order valence-corrected chi connectivity index (χ2v) is 3.92. The maximum Gasteiger partial charge on any atom is 0.295 e. The van der Waals surface area contributed by atoms with Crippen molar-refractivity contribution in [3.05, 3.63) is 34.1 Å². The van der Waals surface area contributed by atoms with Gasteiger partial charge in [-0.05, 0) is 12.1 Å². The topological polar surface area (TPSA) is 46.4 Å². The van der Waals surface area contributed by atoms with Crippen molar-refractivity contribution in [1.29, 1.82) is 0 Å². The third-order valence-corrected chi connectivity index (χ3v) is 2.64. The van der Waals surface area contributed by atoms with Crippen LogP contribution in [-0.2, 0) is 0 Å². The summed E-state index contributed by atoms with van der Waals surface area (Å²) in [4.78, 5) is 11.2. The molecule has 0 N–H and O–H groups in total. The Morgan fingerprint density at radius 2 is 2.12 bits per heavy atom. The Labute approximate surface area is 94.8 Å². The maximum atomic E-state index is 13.0. The van der Waals surface area contributed by atoms with Gasteiger partial charge in [0.25, 0.3) is 11.6 Å². The van der Waals surface area contributed by atoms with Crippen LogP contribution in [0.2, 0.25) is 0 Å². The molecule has 1 aromatic rings. The van der Waals surface area contributed by atoms with Crippen LogP contribution < -0.4 is 4.90 Å². The molecule has 92 valence electrons. The molecule has 7 heteroatoms. The SMILES string of the molecule is O=[N+]([O-])c1cc(F)ccc1N1CCC(F)(F)C1. The smallest absolute Gasteiger partial charge is 0.295 e. The Bertz CT molecular complexity index is 465. The summed E-state index contributed by atoms with van der Waals surface area (Å²) in [6.45, 7) is -0.543. The van der Waals surface area contributed by atoms with E-state index in [1.807, 2.05) is 0 Å². The Balaban J connectivity index is 2.36. The number of benzene rings is 1. The van der Waals surface area contributed by atoms with E-state index in [-0.39, 0.29) is 18.7 Å². The van der Waals surface area contributed by atoms with Crippen molar-refractivity contribution in [1.82, 2.24) is 0 Å². The predicted octanol–water partition coefficient (Wildman–Crippen LogP) is 2.58.